The molecule has 4 nitrogen and oxygen atoms in total. The number of aromatic nitrogens is 1. The van der Waals surface area contributed by atoms with Gasteiger partial charge in [-0.25, -0.2) is 4.98 Å². The van der Waals surface area contributed by atoms with E-state index in [0.717, 1.165) is 28.3 Å². The zero-order valence-corrected chi connectivity index (χ0v) is 16.9. The number of hydrogen-bond acceptors (Lipinski definition) is 4. The number of hydrogen-bond donors (Lipinski definition) is 0. The zero-order chi connectivity index (χ0) is 20.8. The number of piperazine rings is 1. The van der Waals surface area contributed by atoms with Gasteiger partial charge in [0.05, 0.1) is 15.8 Å². The van der Waals surface area contributed by atoms with Crippen LogP contribution in [-0.4, -0.2) is 42.0 Å². The topological polar surface area (TPSA) is 36.4 Å². The van der Waals surface area contributed by atoms with Crippen LogP contribution in [0.4, 0.5) is 18.3 Å². The largest absolute Gasteiger partial charge is 0.416 e. The molecule has 0 unspecified atom stereocenters. The summed E-state index contributed by atoms with van der Waals surface area (Å²) >= 11 is 1.64. The molecule has 3 aromatic rings. The van der Waals surface area contributed by atoms with Gasteiger partial charge in [0.25, 0.3) is 5.91 Å². The van der Waals surface area contributed by atoms with E-state index in [4.69, 9.17) is 4.98 Å². The van der Waals surface area contributed by atoms with Gasteiger partial charge in [-0.15, -0.1) is 0 Å². The lowest BCUT2D eigenvalue weighted by Crippen LogP contribution is -2.48. The highest BCUT2D eigenvalue weighted by molar-refractivity contribution is 7.22. The van der Waals surface area contributed by atoms with Crippen LogP contribution in [0.5, 0.6) is 0 Å². The average molecular weight is 419 g/mol. The first-order chi connectivity index (χ1) is 13.7. The molecule has 1 amide bonds. The van der Waals surface area contributed by atoms with Crippen LogP contribution in [0.2, 0.25) is 0 Å². The molecule has 152 valence electrons. The van der Waals surface area contributed by atoms with E-state index in [1.54, 1.807) is 16.2 Å². The molecule has 1 aliphatic heterocycles. The highest BCUT2D eigenvalue weighted by atomic mass is 32.1. The molecule has 0 N–H and O–H groups in total. The van der Waals surface area contributed by atoms with Crippen molar-refractivity contribution in [2.75, 3.05) is 31.1 Å². The molecule has 1 aromatic heterocycles. The van der Waals surface area contributed by atoms with Crippen molar-refractivity contribution in [1.82, 2.24) is 9.88 Å². The van der Waals surface area contributed by atoms with Crippen LogP contribution in [0.3, 0.4) is 0 Å². The first-order valence-corrected chi connectivity index (χ1v) is 10.1. The Labute approximate surface area is 170 Å². The quantitative estimate of drug-likeness (QED) is 0.593. The SMILES string of the molecule is Cc1ccc(C)c2sc(N3CCN(C(=O)c4cccc(C(F)(F)F)c4)CC3)nc12. The van der Waals surface area contributed by atoms with Gasteiger partial charge in [0.1, 0.15) is 0 Å². The standard InChI is InChI=1S/C21H20F3N3OS/c1-13-6-7-14(2)18-17(13)25-20(29-18)27-10-8-26(9-11-27)19(28)15-4-3-5-16(12-15)21(22,23)24/h3-7,12H,8-11H2,1-2H3. The summed E-state index contributed by atoms with van der Waals surface area (Å²) in [6.07, 6.45) is -4.46. The molecule has 4 rings (SSSR count). The Hall–Kier alpha value is -2.61. The number of alkyl halides is 3. The van der Waals surface area contributed by atoms with Crippen LogP contribution in [-0.2, 0) is 6.18 Å². The summed E-state index contributed by atoms with van der Waals surface area (Å²) in [5, 5.41) is 0.920. The predicted molar refractivity (Wildman–Crippen MR) is 109 cm³/mol. The van der Waals surface area contributed by atoms with Crippen LogP contribution < -0.4 is 4.90 Å². The highest BCUT2D eigenvalue weighted by Gasteiger charge is 2.32. The number of carbonyl (C=O) groups is 1. The third kappa shape index (κ3) is 3.81. The average Bonchev–Trinajstić information content (AvgIpc) is 3.17. The van der Waals surface area contributed by atoms with E-state index in [1.165, 1.54) is 22.4 Å². The smallest absolute Gasteiger partial charge is 0.345 e. The van der Waals surface area contributed by atoms with Crippen molar-refractivity contribution in [3.05, 3.63) is 58.7 Å². The monoisotopic (exact) mass is 419 g/mol. The summed E-state index contributed by atoms with van der Waals surface area (Å²) in [7, 11) is 0. The van der Waals surface area contributed by atoms with Gasteiger partial charge in [0.2, 0.25) is 0 Å². The third-order valence-electron chi connectivity index (χ3n) is 5.21. The summed E-state index contributed by atoms with van der Waals surface area (Å²) in [4.78, 5) is 21.2. The van der Waals surface area contributed by atoms with Gasteiger partial charge in [-0.05, 0) is 43.2 Å². The fourth-order valence-corrected chi connectivity index (χ4v) is 4.66. The molecular formula is C21H20F3N3OS. The van der Waals surface area contributed by atoms with Gasteiger partial charge < -0.3 is 9.80 Å². The number of anilines is 1. The summed E-state index contributed by atoms with van der Waals surface area (Å²) in [6, 6.07) is 8.76. The number of benzene rings is 2. The van der Waals surface area contributed by atoms with Crippen molar-refractivity contribution in [1.29, 1.82) is 0 Å². The minimum absolute atomic E-state index is 0.0690. The number of nitrogens with zero attached hydrogens (tertiary/aromatic N) is 3. The molecule has 0 bridgehead atoms. The van der Waals surface area contributed by atoms with E-state index in [9.17, 15) is 18.0 Å². The van der Waals surface area contributed by atoms with E-state index in [-0.39, 0.29) is 11.5 Å². The maximum Gasteiger partial charge on any atom is 0.416 e. The minimum atomic E-state index is -4.46. The number of halogens is 3. The van der Waals surface area contributed by atoms with Crippen molar-refractivity contribution in [2.45, 2.75) is 20.0 Å². The van der Waals surface area contributed by atoms with Gasteiger partial charge in [-0.1, -0.05) is 29.5 Å². The van der Waals surface area contributed by atoms with Crippen molar-refractivity contribution in [3.8, 4) is 0 Å². The van der Waals surface area contributed by atoms with Crippen molar-refractivity contribution < 1.29 is 18.0 Å². The molecule has 2 aromatic carbocycles. The number of amides is 1. The molecule has 8 heteroatoms. The Morgan fingerprint density at radius 3 is 2.38 bits per heavy atom. The van der Waals surface area contributed by atoms with Crippen LogP contribution in [0, 0.1) is 13.8 Å². The maximum atomic E-state index is 12.9. The van der Waals surface area contributed by atoms with Crippen LogP contribution in [0.15, 0.2) is 36.4 Å². The van der Waals surface area contributed by atoms with Crippen LogP contribution >= 0.6 is 11.3 Å². The van der Waals surface area contributed by atoms with Gasteiger partial charge in [-0.2, -0.15) is 13.2 Å². The van der Waals surface area contributed by atoms with E-state index >= 15 is 0 Å². The molecule has 0 spiro atoms. The lowest BCUT2D eigenvalue weighted by molar-refractivity contribution is -0.137. The molecule has 0 atom stereocenters. The van der Waals surface area contributed by atoms with E-state index < -0.39 is 11.7 Å². The minimum Gasteiger partial charge on any atom is -0.345 e. The van der Waals surface area contributed by atoms with Crippen LogP contribution in [0.25, 0.3) is 10.2 Å². The Kier molecular flexibility index (Phi) is 4.98. The number of carbonyl (C=O) groups excluding carboxylic acids is 1. The Morgan fingerprint density at radius 2 is 1.72 bits per heavy atom. The highest BCUT2D eigenvalue weighted by Crippen LogP contribution is 2.34. The second-order valence-corrected chi connectivity index (χ2v) is 8.21. The first kappa shape index (κ1) is 19.7. The predicted octanol–water partition coefficient (Wildman–Crippen LogP) is 4.89. The van der Waals surface area contributed by atoms with Gasteiger partial charge in [0, 0.05) is 31.7 Å². The molecule has 0 radical (unpaired) electrons. The normalized spacial score (nSPS) is 15.2. The van der Waals surface area contributed by atoms with Crippen molar-refractivity contribution in [2.24, 2.45) is 0 Å². The van der Waals surface area contributed by atoms with E-state index in [2.05, 4.69) is 24.0 Å². The fraction of sp³-hybridized carbons (Fsp3) is 0.333. The molecule has 29 heavy (non-hydrogen) atoms. The van der Waals surface area contributed by atoms with E-state index in [1.807, 2.05) is 6.92 Å². The number of rotatable bonds is 2. The van der Waals surface area contributed by atoms with Crippen molar-refractivity contribution in [3.63, 3.8) is 0 Å². The number of thiazole rings is 1. The summed E-state index contributed by atoms with van der Waals surface area (Å²) in [5.41, 5.74) is 2.59. The van der Waals surface area contributed by atoms with Gasteiger partial charge in [0.15, 0.2) is 5.13 Å². The van der Waals surface area contributed by atoms with E-state index in [0.29, 0.717) is 26.2 Å². The first-order valence-electron chi connectivity index (χ1n) is 9.32. The summed E-state index contributed by atoms with van der Waals surface area (Å²) in [5.74, 6) is -0.369. The lowest BCUT2D eigenvalue weighted by atomic mass is 10.1. The molecule has 0 saturated carbocycles. The molecule has 1 saturated heterocycles. The number of fused-ring (bicyclic) bond motifs is 1. The molecule has 0 aliphatic carbocycles. The fourth-order valence-electron chi connectivity index (χ4n) is 3.50. The lowest BCUT2D eigenvalue weighted by Gasteiger charge is -2.34. The molecule has 2 heterocycles. The summed E-state index contributed by atoms with van der Waals surface area (Å²) < 4.78 is 39.9. The Balaban J connectivity index is 1.48. The van der Waals surface area contributed by atoms with Crippen LogP contribution in [0.1, 0.15) is 27.0 Å². The second-order valence-electron chi connectivity index (χ2n) is 7.23. The summed E-state index contributed by atoms with van der Waals surface area (Å²) in [6.45, 7) is 6.20. The maximum absolute atomic E-state index is 12.9. The van der Waals surface area contributed by atoms with Gasteiger partial charge >= 0.3 is 6.18 Å². The van der Waals surface area contributed by atoms with Gasteiger partial charge in [-0.3, -0.25) is 4.79 Å². The Bertz CT molecular complexity index is 1030. The molecular weight excluding hydrogens is 399 g/mol. The third-order valence-corrected chi connectivity index (χ3v) is 6.46. The molecule has 1 aliphatic rings. The van der Waals surface area contributed by atoms with Crippen molar-refractivity contribution >= 4 is 32.6 Å². The molecule has 1 fully saturated rings. The zero-order valence-electron chi connectivity index (χ0n) is 16.1. The Morgan fingerprint density at radius 1 is 1.03 bits per heavy atom. The second kappa shape index (κ2) is 7.33. The number of aryl methyl sites for hydroxylation is 2.